The normalized spacial score (nSPS) is 12.3. The van der Waals surface area contributed by atoms with E-state index in [1.54, 1.807) is 24.3 Å². The van der Waals surface area contributed by atoms with E-state index in [1.165, 1.54) is 11.8 Å². The molecular formula is C24H22N6O3. The van der Waals surface area contributed by atoms with E-state index in [2.05, 4.69) is 25.7 Å². The Morgan fingerprint density at radius 1 is 1.06 bits per heavy atom. The van der Waals surface area contributed by atoms with Crippen LogP contribution < -0.4 is 20.9 Å². The van der Waals surface area contributed by atoms with Gasteiger partial charge in [-0.15, -0.1) is 0 Å². The molecule has 166 valence electrons. The average molecular weight is 442 g/mol. The molecule has 5 rings (SSSR count). The summed E-state index contributed by atoms with van der Waals surface area (Å²) in [7, 11) is 1.54. The molecule has 3 N–H and O–H groups in total. The van der Waals surface area contributed by atoms with Crippen LogP contribution in [-0.4, -0.2) is 32.9 Å². The standard InChI is InChI=1S/C24H22N6O3/c1-33-20-13-6-5-11-18(20)26-24(32)27-21-14-19(15-8-3-2-4-9-15)29-30(21)23-25-17-12-7-10-16(17)22(31)28-23/h2-6,8-9,11,13-14H,7,10,12H2,1H3,(H,25,28,31)(H2,26,27,32). The van der Waals surface area contributed by atoms with Gasteiger partial charge in [-0.1, -0.05) is 42.5 Å². The van der Waals surface area contributed by atoms with Crippen molar-refractivity contribution in [3.63, 3.8) is 0 Å². The maximum atomic E-state index is 12.8. The Morgan fingerprint density at radius 3 is 2.67 bits per heavy atom. The number of hydrogen-bond donors (Lipinski definition) is 3. The molecule has 0 saturated heterocycles. The second-order valence-corrected chi connectivity index (χ2v) is 7.64. The van der Waals surface area contributed by atoms with Crippen molar-refractivity contribution < 1.29 is 9.53 Å². The number of ether oxygens (including phenoxy) is 1. The Balaban J connectivity index is 1.52. The molecule has 2 amide bonds. The molecule has 0 unspecified atom stereocenters. The molecule has 2 aromatic carbocycles. The number of amides is 2. The lowest BCUT2D eigenvalue weighted by atomic mass is 10.2. The number of methoxy groups -OCH3 is 1. The molecule has 2 heterocycles. The van der Waals surface area contributed by atoms with Crippen LogP contribution in [0.15, 0.2) is 65.5 Å². The highest BCUT2D eigenvalue weighted by Gasteiger charge is 2.21. The molecule has 9 heteroatoms. The molecule has 0 aliphatic heterocycles. The first-order valence-corrected chi connectivity index (χ1v) is 10.6. The SMILES string of the molecule is COc1ccccc1NC(=O)Nc1cc(-c2ccccc2)nn1-c1nc2c(c(=O)[nH]1)CCC2. The largest absolute Gasteiger partial charge is 0.495 e. The molecule has 0 saturated carbocycles. The third-order valence-corrected chi connectivity index (χ3v) is 5.51. The summed E-state index contributed by atoms with van der Waals surface area (Å²) in [5.41, 5.74) is 3.34. The monoisotopic (exact) mass is 442 g/mol. The number of H-pyrrole nitrogens is 1. The number of aromatic amines is 1. The highest BCUT2D eigenvalue weighted by molar-refractivity contribution is 6.00. The lowest BCUT2D eigenvalue weighted by molar-refractivity contribution is 0.262. The Kier molecular flexibility index (Phi) is 5.35. The molecule has 1 aliphatic rings. The number of nitrogens with one attached hydrogen (secondary N) is 3. The number of hydrogen-bond acceptors (Lipinski definition) is 5. The van der Waals surface area contributed by atoms with Crippen molar-refractivity contribution in [2.45, 2.75) is 19.3 Å². The van der Waals surface area contributed by atoms with E-state index in [9.17, 15) is 9.59 Å². The van der Waals surface area contributed by atoms with Crippen molar-refractivity contribution in [2.24, 2.45) is 0 Å². The fraction of sp³-hybridized carbons (Fsp3) is 0.167. The number of carbonyl (C=O) groups is 1. The quantitative estimate of drug-likeness (QED) is 0.435. The molecule has 9 nitrogen and oxygen atoms in total. The number of nitrogens with zero attached hydrogens (tertiary/aromatic N) is 3. The van der Waals surface area contributed by atoms with Gasteiger partial charge >= 0.3 is 6.03 Å². The van der Waals surface area contributed by atoms with Crippen LogP contribution in [0, 0.1) is 0 Å². The van der Waals surface area contributed by atoms with Crippen molar-refractivity contribution in [1.82, 2.24) is 19.7 Å². The third kappa shape index (κ3) is 4.08. The van der Waals surface area contributed by atoms with Gasteiger partial charge in [0.25, 0.3) is 5.56 Å². The third-order valence-electron chi connectivity index (χ3n) is 5.51. The topological polar surface area (TPSA) is 114 Å². The molecule has 1 aliphatic carbocycles. The molecule has 0 spiro atoms. The summed E-state index contributed by atoms with van der Waals surface area (Å²) in [5, 5.41) is 10.2. The Bertz CT molecular complexity index is 1380. The van der Waals surface area contributed by atoms with Crippen LogP contribution in [0.2, 0.25) is 0 Å². The number of anilines is 2. The van der Waals surface area contributed by atoms with Crippen LogP contribution in [-0.2, 0) is 12.8 Å². The lowest BCUT2D eigenvalue weighted by Crippen LogP contribution is -2.23. The number of benzene rings is 2. The van der Waals surface area contributed by atoms with Crippen molar-refractivity contribution >= 4 is 17.5 Å². The molecule has 0 fully saturated rings. The zero-order valence-electron chi connectivity index (χ0n) is 18.0. The zero-order chi connectivity index (χ0) is 22.8. The number of aryl methyl sites for hydroxylation is 1. The van der Waals surface area contributed by atoms with Crippen LogP contribution in [0.4, 0.5) is 16.3 Å². The fourth-order valence-corrected chi connectivity index (χ4v) is 3.93. The van der Waals surface area contributed by atoms with E-state index in [0.717, 1.165) is 36.1 Å². The van der Waals surface area contributed by atoms with Crippen molar-refractivity contribution in [1.29, 1.82) is 0 Å². The van der Waals surface area contributed by atoms with E-state index in [1.807, 2.05) is 36.4 Å². The average Bonchev–Trinajstić information content (AvgIpc) is 3.47. The summed E-state index contributed by atoms with van der Waals surface area (Å²) < 4.78 is 6.75. The molecule has 4 aromatic rings. The minimum atomic E-state index is -0.483. The number of fused-ring (bicyclic) bond motifs is 1. The van der Waals surface area contributed by atoms with Crippen LogP contribution in [0.5, 0.6) is 5.75 Å². The highest BCUT2D eigenvalue weighted by atomic mass is 16.5. The van der Waals surface area contributed by atoms with Crippen molar-refractivity contribution in [2.75, 3.05) is 17.7 Å². The van der Waals surface area contributed by atoms with E-state index < -0.39 is 6.03 Å². The molecule has 2 aromatic heterocycles. The van der Waals surface area contributed by atoms with Gasteiger partial charge in [-0.3, -0.25) is 15.1 Å². The van der Waals surface area contributed by atoms with Gasteiger partial charge in [0.05, 0.1) is 24.2 Å². The van der Waals surface area contributed by atoms with Gasteiger partial charge in [0.15, 0.2) is 0 Å². The Labute approximate surface area is 189 Å². The predicted octanol–water partition coefficient (Wildman–Crippen LogP) is 3.76. The molecule has 0 radical (unpaired) electrons. The Morgan fingerprint density at radius 2 is 1.85 bits per heavy atom. The number of carbonyl (C=O) groups excluding carboxylic acids is 1. The molecular weight excluding hydrogens is 420 g/mol. The molecule has 33 heavy (non-hydrogen) atoms. The summed E-state index contributed by atoms with van der Waals surface area (Å²) >= 11 is 0. The maximum Gasteiger partial charge on any atom is 0.324 e. The minimum absolute atomic E-state index is 0.173. The second-order valence-electron chi connectivity index (χ2n) is 7.64. The number of urea groups is 1. The van der Waals surface area contributed by atoms with E-state index in [4.69, 9.17) is 4.74 Å². The first kappa shape index (κ1) is 20.5. The van der Waals surface area contributed by atoms with Crippen LogP contribution in [0.3, 0.4) is 0 Å². The van der Waals surface area contributed by atoms with Gasteiger partial charge in [-0.25, -0.2) is 9.78 Å². The van der Waals surface area contributed by atoms with Gasteiger partial charge in [0, 0.05) is 17.2 Å². The van der Waals surface area contributed by atoms with Crippen LogP contribution in [0.1, 0.15) is 17.7 Å². The van der Waals surface area contributed by atoms with E-state index >= 15 is 0 Å². The first-order chi connectivity index (χ1) is 16.1. The summed E-state index contributed by atoms with van der Waals surface area (Å²) in [5.74, 6) is 1.16. The molecule has 0 atom stereocenters. The van der Waals surface area contributed by atoms with Crippen LogP contribution >= 0.6 is 0 Å². The predicted molar refractivity (Wildman–Crippen MR) is 125 cm³/mol. The number of para-hydroxylation sites is 2. The van der Waals surface area contributed by atoms with Crippen molar-refractivity contribution in [3.8, 4) is 23.0 Å². The first-order valence-electron chi connectivity index (χ1n) is 10.6. The summed E-state index contributed by atoms with van der Waals surface area (Å²) in [6, 6.07) is 17.9. The van der Waals surface area contributed by atoms with Gasteiger partial charge in [-0.05, 0) is 31.4 Å². The van der Waals surface area contributed by atoms with E-state index in [0.29, 0.717) is 22.9 Å². The number of aromatic nitrogens is 4. The van der Waals surface area contributed by atoms with Gasteiger partial charge in [0.1, 0.15) is 11.6 Å². The Hall–Kier alpha value is -4.40. The van der Waals surface area contributed by atoms with Crippen molar-refractivity contribution in [3.05, 3.63) is 82.3 Å². The zero-order valence-corrected chi connectivity index (χ0v) is 18.0. The van der Waals surface area contributed by atoms with Gasteiger partial charge < -0.3 is 10.1 Å². The minimum Gasteiger partial charge on any atom is -0.495 e. The lowest BCUT2D eigenvalue weighted by Gasteiger charge is -2.12. The smallest absolute Gasteiger partial charge is 0.324 e. The van der Waals surface area contributed by atoms with Gasteiger partial charge in [0.2, 0.25) is 5.95 Å². The van der Waals surface area contributed by atoms with Gasteiger partial charge in [-0.2, -0.15) is 9.78 Å². The maximum absolute atomic E-state index is 12.8. The number of rotatable bonds is 5. The van der Waals surface area contributed by atoms with E-state index in [-0.39, 0.29) is 11.5 Å². The summed E-state index contributed by atoms with van der Waals surface area (Å²) in [6.45, 7) is 0. The highest BCUT2D eigenvalue weighted by Crippen LogP contribution is 2.26. The summed E-state index contributed by atoms with van der Waals surface area (Å²) in [6.07, 6.45) is 2.37. The molecule has 0 bridgehead atoms. The van der Waals surface area contributed by atoms with Crippen LogP contribution in [0.25, 0.3) is 17.2 Å². The fourth-order valence-electron chi connectivity index (χ4n) is 3.93. The summed E-state index contributed by atoms with van der Waals surface area (Å²) in [4.78, 5) is 32.8. The second kappa shape index (κ2) is 8.62.